The molecule has 2 rings (SSSR count). The Hall–Kier alpha value is -2.66. The largest absolute Gasteiger partial charge is 0.462 e. The minimum absolute atomic E-state index is 0.134. The number of nitrogens with zero attached hydrogens (tertiary/aromatic N) is 1. The fourth-order valence-corrected chi connectivity index (χ4v) is 4.40. The summed E-state index contributed by atoms with van der Waals surface area (Å²) < 4.78 is 10.1. The second-order valence-corrected chi connectivity index (χ2v) is 8.18. The van der Waals surface area contributed by atoms with Gasteiger partial charge >= 0.3 is 11.9 Å². The van der Waals surface area contributed by atoms with Crippen molar-refractivity contribution in [2.45, 2.75) is 27.2 Å². The van der Waals surface area contributed by atoms with Crippen LogP contribution in [0.2, 0.25) is 10.0 Å². The molecule has 31 heavy (non-hydrogen) atoms. The van der Waals surface area contributed by atoms with Crippen LogP contribution in [0.4, 0.5) is 0 Å². The Bertz CT molecular complexity index is 1100. The highest BCUT2D eigenvalue weighted by Gasteiger charge is 2.28. The molecule has 6 nitrogen and oxygen atoms in total. The lowest BCUT2D eigenvalue weighted by molar-refractivity contribution is -0.114. The maximum atomic E-state index is 12.9. The summed E-state index contributed by atoms with van der Waals surface area (Å²) in [5.74, 6) is -1.76. The minimum Gasteiger partial charge on any atom is -0.462 e. The van der Waals surface area contributed by atoms with Crippen LogP contribution in [0.1, 0.15) is 49.9 Å². The van der Waals surface area contributed by atoms with Gasteiger partial charge in [0.05, 0.1) is 24.4 Å². The Morgan fingerprint density at radius 3 is 2.35 bits per heavy atom. The van der Waals surface area contributed by atoms with Crippen molar-refractivity contribution in [2.24, 2.45) is 0 Å². The van der Waals surface area contributed by atoms with Crippen molar-refractivity contribution < 1.29 is 23.9 Å². The summed E-state index contributed by atoms with van der Waals surface area (Å²) in [6.45, 7) is 5.22. The SMILES string of the molecule is CCOC(=O)c1sc(CC(=O)/C(C#N)=C/c2ccc(Cl)cc2Cl)c(C(=O)OCC)c1C. The Kier molecular flexibility index (Phi) is 8.81. The van der Waals surface area contributed by atoms with Crippen molar-refractivity contribution in [3.63, 3.8) is 0 Å². The number of halogens is 2. The number of thiophene rings is 1. The molecule has 0 saturated heterocycles. The zero-order chi connectivity index (χ0) is 23.1. The van der Waals surface area contributed by atoms with Crippen molar-refractivity contribution in [2.75, 3.05) is 13.2 Å². The third-order valence-corrected chi connectivity index (χ3v) is 6.00. The predicted octanol–water partition coefficient (Wildman–Crippen LogP) is 5.44. The Morgan fingerprint density at radius 1 is 1.13 bits per heavy atom. The zero-order valence-corrected chi connectivity index (χ0v) is 19.4. The van der Waals surface area contributed by atoms with Crippen LogP contribution >= 0.6 is 34.5 Å². The van der Waals surface area contributed by atoms with Crippen LogP contribution in [0.5, 0.6) is 0 Å². The molecule has 1 aromatic heterocycles. The molecule has 1 heterocycles. The Morgan fingerprint density at radius 2 is 1.77 bits per heavy atom. The summed E-state index contributed by atoms with van der Waals surface area (Å²) in [7, 11) is 0. The molecular formula is C22H19Cl2NO5S. The highest BCUT2D eigenvalue weighted by Crippen LogP contribution is 2.31. The van der Waals surface area contributed by atoms with E-state index in [0.717, 1.165) is 11.3 Å². The number of rotatable bonds is 8. The molecule has 0 bridgehead atoms. The number of ketones is 1. The second-order valence-electron chi connectivity index (χ2n) is 6.23. The first-order valence-corrected chi connectivity index (χ1v) is 10.9. The number of carbonyl (C=O) groups excluding carboxylic acids is 3. The van der Waals surface area contributed by atoms with Gasteiger partial charge in [-0.1, -0.05) is 29.3 Å². The van der Waals surface area contributed by atoms with Crippen molar-refractivity contribution in [3.05, 3.63) is 60.3 Å². The number of ether oxygens (including phenoxy) is 2. The number of Topliss-reactive ketones (excluding diaryl/α,β-unsaturated/α-hetero) is 1. The molecule has 1 aromatic carbocycles. The van der Waals surface area contributed by atoms with Crippen LogP contribution in [0, 0.1) is 18.3 Å². The van der Waals surface area contributed by atoms with Gasteiger partial charge in [0, 0.05) is 21.3 Å². The van der Waals surface area contributed by atoms with Gasteiger partial charge in [-0.2, -0.15) is 5.26 Å². The molecule has 0 radical (unpaired) electrons. The Labute approximate surface area is 194 Å². The molecule has 0 amide bonds. The first-order valence-electron chi connectivity index (χ1n) is 9.29. The van der Waals surface area contributed by atoms with Crippen molar-refractivity contribution in [1.82, 2.24) is 0 Å². The molecule has 0 aliphatic rings. The highest BCUT2D eigenvalue weighted by molar-refractivity contribution is 7.14. The number of hydrogen-bond acceptors (Lipinski definition) is 7. The highest BCUT2D eigenvalue weighted by atomic mass is 35.5. The van der Waals surface area contributed by atoms with E-state index in [1.807, 2.05) is 6.07 Å². The molecule has 0 atom stereocenters. The summed E-state index contributed by atoms with van der Waals surface area (Å²) >= 11 is 13.0. The van der Waals surface area contributed by atoms with E-state index >= 15 is 0 Å². The maximum Gasteiger partial charge on any atom is 0.348 e. The molecule has 0 aliphatic heterocycles. The molecule has 0 saturated carbocycles. The minimum atomic E-state index is -0.641. The topological polar surface area (TPSA) is 93.5 Å². The molecule has 0 fully saturated rings. The fraction of sp³-hybridized carbons (Fsp3) is 0.273. The monoisotopic (exact) mass is 479 g/mol. The van der Waals surface area contributed by atoms with Gasteiger partial charge in [-0.05, 0) is 50.1 Å². The van der Waals surface area contributed by atoms with E-state index in [-0.39, 0.29) is 40.7 Å². The number of allylic oxidation sites excluding steroid dienone is 1. The van der Waals surface area contributed by atoms with E-state index in [0.29, 0.717) is 21.0 Å². The summed E-state index contributed by atoms with van der Waals surface area (Å²) in [5.41, 5.74) is 0.830. The standard InChI is InChI=1S/C22H19Cl2NO5S/c1-4-29-21(27)19-12(3)20(22(28)30-5-2)31-18(19)10-17(26)14(11-25)8-13-6-7-15(23)9-16(13)24/h6-9H,4-5,10H2,1-3H3/b14-8+. The van der Waals surface area contributed by atoms with Gasteiger partial charge in [0.1, 0.15) is 10.9 Å². The van der Waals surface area contributed by atoms with Crippen LogP contribution in [0.15, 0.2) is 23.8 Å². The van der Waals surface area contributed by atoms with Crippen molar-refractivity contribution in [3.8, 4) is 6.07 Å². The van der Waals surface area contributed by atoms with Gasteiger partial charge in [0.25, 0.3) is 0 Å². The lowest BCUT2D eigenvalue weighted by Crippen LogP contribution is -2.12. The lowest BCUT2D eigenvalue weighted by atomic mass is 10.0. The van der Waals surface area contributed by atoms with Gasteiger partial charge in [-0.15, -0.1) is 11.3 Å². The normalized spacial score (nSPS) is 11.0. The van der Waals surface area contributed by atoms with Gasteiger partial charge < -0.3 is 9.47 Å². The van der Waals surface area contributed by atoms with Crippen molar-refractivity contribution in [1.29, 1.82) is 5.26 Å². The lowest BCUT2D eigenvalue weighted by Gasteiger charge is -2.05. The molecular weight excluding hydrogens is 461 g/mol. The number of carbonyl (C=O) groups is 3. The number of hydrogen-bond donors (Lipinski definition) is 0. The van der Waals surface area contributed by atoms with Crippen LogP contribution in [-0.2, 0) is 20.7 Å². The van der Waals surface area contributed by atoms with E-state index in [1.54, 1.807) is 32.9 Å². The Balaban J connectivity index is 2.45. The van der Waals surface area contributed by atoms with Gasteiger partial charge in [-0.3, -0.25) is 4.79 Å². The van der Waals surface area contributed by atoms with Crippen LogP contribution in [0.25, 0.3) is 6.08 Å². The molecule has 0 spiro atoms. The first-order chi connectivity index (χ1) is 14.7. The molecule has 162 valence electrons. The fourth-order valence-electron chi connectivity index (χ4n) is 2.75. The average molecular weight is 480 g/mol. The zero-order valence-electron chi connectivity index (χ0n) is 17.1. The van der Waals surface area contributed by atoms with Crippen LogP contribution < -0.4 is 0 Å². The summed E-state index contributed by atoms with van der Waals surface area (Å²) in [4.78, 5) is 38.1. The predicted molar refractivity (Wildman–Crippen MR) is 120 cm³/mol. The molecule has 0 unspecified atom stereocenters. The van der Waals surface area contributed by atoms with E-state index in [1.165, 1.54) is 12.1 Å². The molecule has 2 aromatic rings. The van der Waals surface area contributed by atoms with Gasteiger partial charge in [0.15, 0.2) is 5.78 Å². The van der Waals surface area contributed by atoms with E-state index in [2.05, 4.69) is 0 Å². The van der Waals surface area contributed by atoms with Crippen LogP contribution in [0.3, 0.4) is 0 Å². The third kappa shape index (κ3) is 5.95. The summed E-state index contributed by atoms with van der Waals surface area (Å²) in [5, 5.41) is 10.2. The van der Waals surface area contributed by atoms with Gasteiger partial charge in [0.2, 0.25) is 0 Å². The second kappa shape index (κ2) is 11.1. The summed E-state index contributed by atoms with van der Waals surface area (Å²) in [6.07, 6.45) is 1.10. The van der Waals surface area contributed by atoms with E-state index in [4.69, 9.17) is 32.7 Å². The first kappa shape index (κ1) is 24.6. The van der Waals surface area contributed by atoms with E-state index in [9.17, 15) is 19.6 Å². The average Bonchev–Trinajstić information content (AvgIpc) is 3.03. The number of benzene rings is 1. The summed E-state index contributed by atoms with van der Waals surface area (Å²) in [6, 6.07) is 6.55. The van der Waals surface area contributed by atoms with Gasteiger partial charge in [-0.25, -0.2) is 9.59 Å². The number of esters is 2. The molecule has 0 N–H and O–H groups in total. The third-order valence-electron chi connectivity index (χ3n) is 4.16. The van der Waals surface area contributed by atoms with Crippen LogP contribution in [-0.4, -0.2) is 30.9 Å². The van der Waals surface area contributed by atoms with E-state index < -0.39 is 17.7 Å². The van der Waals surface area contributed by atoms with Crippen molar-refractivity contribution >= 4 is 58.3 Å². The quantitative estimate of drug-likeness (QED) is 0.284. The molecule has 0 aliphatic carbocycles. The smallest absolute Gasteiger partial charge is 0.348 e. The number of nitriles is 1. The molecule has 9 heteroatoms. The maximum absolute atomic E-state index is 12.9.